The molecule has 1 fully saturated rings. The minimum absolute atomic E-state index is 0.0213. The van der Waals surface area contributed by atoms with Gasteiger partial charge in [-0.2, -0.15) is 18.3 Å². The zero-order valence-electron chi connectivity index (χ0n) is 14.8. The number of carbonyl (C=O) groups is 1. The topological polar surface area (TPSA) is 50.5 Å². The maximum absolute atomic E-state index is 13.7. The Bertz CT molecular complexity index is 1020. The molecule has 1 saturated heterocycles. The standard InChI is InChI=1S/C18H16BrF3N4OS/c1-10-4-6-25(7-5-10)17(27)15-14(19)16-23-11(12-3-2-8-28-12)9-13(18(20,21)22)26(16)24-15/h2-3,8-10H,4-7H2,1H3. The lowest BCUT2D eigenvalue weighted by atomic mass is 9.99. The van der Waals surface area contributed by atoms with Crippen LogP contribution in [0.25, 0.3) is 16.2 Å². The lowest BCUT2D eigenvalue weighted by Gasteiger charge is -2.29. The van der Waals surface area contributed by atoms with Crippen molar-refractivity contribution in [2.75, 3.05) is 13.1 Å². The number of rotatable bonds is 2. The predicted molar refractivity (Wildman–Crippen MR) is 103 cm³/mol. The summed E-state index contributed by atoms with van der Waals surface area (Å²) in [5, 5.41) is 5.76. The van der Waals surface area contributed by atoms with E-state index in [1.165, 1.54) is 11.3 Å². The van der Waals surface area contributed by atoms with E-state index in [-0.39, 0.29) is 27.4 Å². The fraction of sp³-hybridized carbons (Fsp3) is 0.389. The van der Waals surface area contributed by atoms with E-state index in [1.54, 1.807) is 22.4 Å². The number of piperidine rings is 1. The molecular weight excluding hydrogens is 457 g/mol. The molecule has 3 aromatic heterocycles. The fourth-order valence-corrected chi connectivity index (χ4v) is 4.43. The van der Waals surface area contributed by atoms with Crippen molar-refractivity contribution in [1.82, 2.24) is 19.5 Å². The lowest BCUT2D eigenvalue weighted by molar-refractivity contribution is -0.142. The van der Waals surface area contributed by atoms with E-state index in [1.807, 2.05) is 0 Å². The van der Waals surface area contributed by atoms with Gasteiger partial charge < -0.3 is 4.90 Å². The van der Waals surface area contributed by atoms with Crippen LogP contribution in [0.2, 0.25) is 0 Å². The molecule has 5 nitrogen and oxygen atoms in total. The van der Waals surface area contributed by atoms with Crippen molar-refractivity contribution in [3.8, 4) is 10.6 Å². The van der Waals surface area contributed by atoms with Crippen LogP contribution in [-0.4, -0.2) is 38.5 Å². The molecule has 10 heteroatoms. The van der Waals surface area contributed by atoms with Crippen molar-refractivity contribution in [2.45, 2.75) is 25.9 Å². The molecule has 28 heavy (non-hydrogen) atoms. The van der Waals surface area contributed by atoms with Crippen molar-refractivity contribution in [3.05, 3.63) is 39.4 Å². The summed E-state index contributed by atoms with van der Waals surface area (Å²) < 4.78 is 41.9. The number of thiophene rings is 1. The van der Waals surface area contributed by atoms with Gasteiger partial charge in [0.1, 0.15) is 0 Å². The zero-order valence-corrected chi connectivity index (χ0v) is 17.2. The Morgan fingerprint density at radius 3 is 2.64 bits per heavy atom. The second-order valence-corrected chi connectivity index (χ2v) is 8.62. The first kappa shape index (κ1) is 19.4. The predicted octanol–water partition coefficient (Wildman–Crippen LogP) is 5.11. The number of alkyl halides is 3. The van der Waals surface area contributed by atoms with E-state index in [0.717, 1.165) is 18.9 Å². The number of nitrogens with zero attached hydrogens (tertiary/aromatic N) is 4. The molecule has 3 aromatic rings. The van der Waals surface area contributed by atoms with Crippen LogP contribution in [0, 0.1) is 5.92 Å². The molecule has 0 bridgehead atoms. The molecule has 0 aliphatic carbocycles. The molecule has 148 valence electrons. The number of halogens is 4. The summed E-state index contributed by atoms with van der Waals surface area (Å²) in [7, 11) is 0. The Kier molecular flexibility index (Phi) is 4.95. The third-order valence-electron chi connectivity index (χ3n) is 4.87. The minimum Gasteiger partial charge on any atom is -0.337 e. The maximum atomic E-state index is 13.7. The zero-order chi connectivity index (χ0) is 20.1. The highest BCUT2D eigenvalue weighted by molar-refractivity contribution is 9.10. The molecule has 1 aliphatic rings. The Labute approximate surface area is 171 Å². The third-order valence-corrected chi connectivity index (χ3v) is 6.49. The molecule has 0 radical (unpaired) electrons. The van der Waals surface area contributed by atoms with Crippen LogP contribution in [0.15, 0.2) is 28.1 Å². The van der Waals surface area contributed by atoms with Crippen LogP contribution >= 0.6 is 27.3 Å². The fourth-order valence-electron chi connectivity index (χ4n) is 3.24. The summed E-state index contributed by atoms with van der Waals surface area (Å²) in [5.74, 6) is 0.149. The van der Waals surface area contributed by atoms with Crippen LogP contribution in [-0.2, 0) is 6.18 Å². The number of fused-ring (bicyclic) bond motifs is 1. The molecule has 0 unspecified atom stereocenters. The van der Waals surface area contributed by atoms with Crippen molar-refractivity contribution in [2.24, 2.45) is 5.92 Å². The van der Waals surface area contributed by atoms with Gasteiger partial charge in [0, 0.05) is 13.1 Å². The van der Waals surface area contributed by atoms with Gasteiger partial charge in [0.05, 0.1) is 15.0 Å². The first-order valence-corrected chi connectivity index (χ1v) is 10.4. The van der Waals surface area contributed by atoms with Crippen LogP contribution < -0.4 is 0 Å². The van der Waals surface area contributed by atoms with Gasteiger partial charge in [-0.15, -0.1) is 11.3 Å². The highest BCUT2D eigenvalue weighted by Crippen LogP contribution is 2.36. The normalized spacial score (nSPS) is 16.1. The Hall–Kier alpha value is -1.94. The number of likely N-dealkylation sites (tertiary alicyclic amines) is 1. The van der Waals surface area contributed by atoms with E-state index < -0.39 is 11.9 Å². The molecule has 4 heterocycles. The molecular formula is C18H16BrF3N4OS. The summed E-state index contributed by atoms with van der Waals surface area (Å²) in [6.45, 7) is 3.26. The van der Waals surface area contributed by atoms with Crippen LogP contribution in [0.3, 0.4) is 0 Å². The van der Waals surface area contributed by atoms with E-state index >= 15 is 0 Å². The van der Waals surface area contributed by atoms with Crippen molar-refractivity contribution >= 4 is 38.8 Å². The van der Waals surface area contributed by atoms with E-state index in [2.05, 4.69) is 32.9 Å². The second kappa shape index (κ2) is 7.14. The smallest absolute Gasteiger partial charge is 0.337 e. The summed E-state index contributed by atoms with van der Waals surface area (Å²) in [6.07, 6.45) is -2.91. The first-order chi connectivity index (χ1) is 13.3. The number of carbonyl (C=O) groups excluding carboxylic acids is 1. The van der Waals surface area contributed by atoms with Crippen LogP contribution in [0.4, 0.5) is 13.2 Å². The van der Waals surface area contributed by atoms with E-state index in [9.17, 15) is 18.0 Å². The van der Waals surface area contributed by atoms with E-state index in [0.29, 0.717) is 28.4 Å². The second-order valence-electron chi connectivity index (χ2n) is 6.87. The molecule has 4 rings (SSSR count). The van der Waals surface area contributed by atoms with Gasteiger partial charge in [0.25, 0.3) is 5.91 Å². The van der Waals surface area contributed by atoms with Gasteiger partial charge in [-0.25, -0.2) is 9.50 Å². The van der Waals surface area contributed by atoms with Gasteiger partial charge in [0.15, 0.2) is 17.0 Å². The largest absolute Gasteiger partial charge is 0.433 e. The number of amides is 1. The number of hydrogen-bond donors (Lipinski definition) is 0. The molecule has 1 amide bonds. The van der Waals surface area contributed by atoms with Gasteiger partial charge in [-0.1, -0.05) is 13.0 Å². The Morgan fingerprint density at radius 1 is 1.32 bits per heavy atom. The van der Waals surface area contributed by atoms with Crippen LogP contribution in [0.5, 0.6) is 0 Å². The molecule has 0 spiro atoms. The van der Waals surface area contributed by atoms with E-state index in [4.69, 9.17) is 0 Å². The van der Waals surface area contributed by atoms with Gasteiger partial charge >= 0.3 is 6.18 Å². The molecule has 0 N–H and O–H groups in total. The average Bonchev–Trinajstić information content (AvgIpc) is 3.29. The van der Waals surface area contributed by atoms with Crippen molar-refractivity contribution in [3.63, 3.8) is 0 Å². The number of hydrogen-bond acceptors (Lipinski definition) is 4. The summed E-state index contributed by atoms with van der Waals surface area (Å²) in [6, 6.07) is 4.42. The quantitative estimate of drug-likeness (QED) is 0.520. The lowest BCUT2D eigenvalue weighted by Crippen LogP contribution is -2.38. The summed E-state index contributed by atoms with van der Waals surface area (Å²) in [4.78, 5) is 19.5. The van der Waals surface area contributed by atoms with Crippen LogP contribution in [0.1, 0.15) is 35.9 Å². The SMILES string of the molecule is CC1CCN(C(=O)c2nn3c(C(F)(F)F)cc(-c4cccs4)nc3c2Br)CC1. The highest BCUT2D eigenvalue weighted by Gasteiger charge is 2.37. The molecule has 0 atom stereocenters. The number of aromatic nitrogens is 3. The molecule has 1 aliphatic heterocycles. The van der Waals surface area contributed by atoms with Gasteiger partial charge in [0.2, 0.25) is 0 Å². The minimum atomic E-state index is -4.64. The monoisotopic (exact) mass is 472 g/mol. The van der Waals surface area contributed by atoms with Gasteiger partial charge in [-0.05, 0) is 52.2 Å². The van der Waals surface area contributed by atoms with Crippen molar-refractivity contribution < 1.29 is 18.0 Å². The first-order valence-electron chi connectivity index (χ1n) is 8.75. The Balaban J connectivity index is 1.84. The molecule has 0 aromatic carbocycles. The highest BCUT2D eigenvalue weighted by atomic mass is 79.9. The Morgan fingerprint density at radius 2 is 2.04 bits per heavy atom. The van der Waals surface area contributed by atoms with Crippen molar-refractivity contribution in [1.29, 1.82) is 0 Å². The maximum Gasteiger partial charge on any atom is 0.433 e. The summed E-state index contributed by atoms with van der Waals surface area (Å²) >= 11 is 4.57. The molecule has 0 saturated carbocycles. The third kappa shape index (κ3) is 3.43. The van der Waals surface area contributed by atoms with Gasteiger partial charge in [-0.3, -0.25) is 4.79 Å². The average molecular weight is 473 g/mol. The summed E-state index contributed by atoms with van der Waals surface area (Å²) in [5.41, 5.74) is -0.836.